The molecule has 2 atom stereocenters. The first-order valence-electron chi connectivity index (χ1n) is 5.09. The summed E-state index contributed by atoms with van der Waals surface area (Å²) in [6, 6.07) is 0. The minimum absolute atomic E-state index is 0.168. The summed E-state index contributed by atoms with van der Waals surface area (Å²) < 4.78 is 0. The van der Waals surface area contributed by atoms with Crippen LogP contribution in [0.15, 0.2) is 0 Å². The van der Waals surface area contributed by atoms with Crippen LogP contribution in [0, 0.1) is 5.92 Å². The van der Waals surface area contributed by atoms with Gasteiger partial charge in [0.25, 0.3) is 0 Å². The zero-order valence-corrected chi connectivity index (χ0v) is 8.29. The van der Waals surface area contributed by atoms with Crippen LogP contribution in [0.2, 0.25) is 0 Å². The first-order valence-corrected chi connectivity index (χ1v) is 5.09. The van der Waals surface area contributed by atoms with E-state index in [0.29, 0.717) is 0 Å². The molecule has 0 bridgehead atoms. The summed E-state index contributed by atoms with van der Waals surface area (Å²) in [4.78, 5) is 2.38. The predicted octanol–water partition coefficient (Wildman–Crippen LogP) is 1.49. The Morgan fingerprint density at radius 3 is 2.83 bits per heavy atom. The van der Waals surface area contributed by atoms with Crippen molar-refractivity contribution in [3.05, 3.63) is 0 Å². The zero-order chi connectivity index (χ0) is 8.97. The fourth-order valence-electron chi connectivity index (χ4n) is 1.88. The molecule has 72 valence electrons. The number of hydrogen-bond acceptors (Lipinski definition) is 2. The third kappa shape index (κ3) is 3.55. The van der Waals surface area contributed by atoms with Crippen LogP contribution >= 0.6 is 0 Å². The molecule has 0 spiro atoms. The van der Waals surface area contributed by atoms with Gasteiger partial charge in [0.2, 0.25) is 0 Å². The number of aliphatic hydroxyl groups excluding tert-OH is 1. The number of rotatable bonds is 2. The number of aliphatic hydroxyl groups is 1. The third-order valence-electron chi connectivity index (χ3n) is 2.63. The maximum atomic E-state index is 9.22. The van der Waals surface area contributed by atoms with Crippen LogP contribution in [0.1, 0.15) is 33.1 Å². The highest BCUT2D eigenvalue weighted by Crippen LogP contribution is 2.16. The molecule has 1 aliphatic rings. The molecule has 0 aliphatic carbocycles. The molecule has 1 N–H and O–H groups in total. The van der Waals surface area contributed by atoms with E-state index in [2.05, 4.69) is 11.8 Å². The normalized spacial score (nSPS) is 29.8. The van der Waals surface area contributed by atoms with Crippen molar-refractivity contribution in [3.8, 4) is 0 Å². The van der Waals surface area contributed by atoms with Gasteiger partial charge in [-0.05, 0) is 45.2 Å². The van der Waals surface area contributed by atoms with Crippen molar-refractivity contribution >= 4 is 0 Å². The molecule has 1 saturated heterocycles. The highest BCUT2D eigenvalue weighted by molar-refractivity contribution is 4.68. The lowest BCUT2D eigenvalue weighted by Gasteiger charge is -2.21. The second-order valence-electron chi connectivity index (χ2n) is 4.19. The fourth-order valence-corrected chi connectivity index (χ4v) is 1.88. The summed E-state index contributed by atoms with van der Waals surface area (Å²) in [5.74, 6) is 0.879. The third-order valence-corrected chi connectivity index (χ3v) is 2.63. The van der Waals surface area contributed by atoms with E-state index >= 15 is 0 Å². The Bertz CT molecular complexity index is 125. The van der Waals surface area contributed by atoms with E-state index in [1.165, 1.54) is 32.4 Å². The van der Waals surface area contributed by atoms with Crippen LogP contribution in [0.4, 0.5) is 0 Å². The Hall–Kier alpha value is -0.0800. The molecule has 2 heteroatoms. The van der Waals surface area contributed by atoms with Crippen LogP contribution in [-0.4, -0.2) is 35.7 Å². The highest BCUT2D eigenvalue weighted by Gasteiger charge is 2.14. The van der Waals surface area contributed by atoms with Gasteiger partial charge in [-0.15, -0.1) is 0 Å². The topological polar surface area (TPSA) is 23.5 Å². The quantitative estimate of drug-likeness (QED) is 0.680. The first-order chi connectivity index (χ1) is 5.68. The maximum Gasteiger partial charge on any atom is 0.0639 e. The van der Waals surface area contributed by atoms with Crippen molar-refractivity contribution in [3.63, 3.8) is 0 Å². The fraction of sp³-hybridized carbons (Fsp3) is 1.00. The smallest absolute Gasteiger partial charge is 0.0639 e. The Labute approximate surface area is 75.6 Å². The van der Waals surface area contributed by atoms with E-state index < -0.39 is 0 Å². The molecule has 1 fully saturated rings. The second kappa shape index (κ2) is 4.83. The Morgan fingerprint density at radius 1 is 1.42 bits per heavy atom. The van der Waals surface area contributed by atoms with E-state index in [4.69, 9.17) is 0 Å². The standard InChI is InChI=1S/C10H21NO/c1-9-4-3-6-11(7-5-9)8-10(2)12/h9-10,12H,3-8H2,1-2H3/t9?,10-/m0/s1. The molecular weight excluding hydrogens is 150 g/mol. The Kier molecular flexibility index (Phi) is 4.02. The average molecular weight is 171 g/mol. The van der Waals surface area contributed by atoms with Gasteiger partial charge in [0.15, 0.2) is 0 Å². The molecule has 1 aliphatic heterocycles. The number of nitrogens with zero attached hydrogens (tertiary/aromatic N) is 1. The minimum Gasteiger partial charge on any atom is -0.392 e. The van der Waals surface area contributed by atoms with Crippen molar-refractivity contribution in [1.82, 2.24) is 4.90 Å². The van der Waals surface area contributed by atoms with Gasteiger partial charge in [-0.25, -0.2) is 0 Å². The van der Waals surface area contributed by atoms with Crippen molar-refractivity contribution in [2.75, 3.05) is 19.6 Å². The van der Waals surface area contributed by atoms with E-state index in [0.717, 1.165) is 12.5 Å². The van der Waals surface area contributed by atoms with E-state index in [9.17, 15) is 5.11 Å². The van der Waals surface area contributed by atoms with Crippen molar-refractivity contribution < 1.29 is 5.11 Å². The highest BCUT2D eigenvalue weighted by atomic mass is 16.3. The molecule has 0 amide bonds. The van der Waals surface area contributed by atoms with Gasteiger partial charge in [-0.3, -0.25) is 0 Å². The Morgan fingerprint density at radius 2 is 2.17 bits per heavy atom. The van der Waals surface area contributed by atoms with Crippen molar-refractivity contribution in [1.29, 1.82) is 0 Å². The van der Waals surface area contributed by atoms with Gasteiger partial charge in [0.1, 0.15) is 0 Å². The number of likely N-dealkylation sites (tertiary alicyclic amines) is 1. The van der Waals surface area contributed by atoms with Crippen molar-refractivity contribution in [2.24, 2.45) is 5.92 Å². The summed E-state index contributed by atoms with van der Waals surface area (Å²) in [5, 5.41) is 9.22. The molecular formula is C10H21NO. The molecule has 0 aromatic heterocycles. The van der Waals surface area contributed by atoms with Crippen LogP contribution < -0.4 is 0 Å². The summed E-state index contributed by atoms with van der Waals surface area (Å²) in [5.41, 5.74) is 0. The lowest BCUT2D eigenvalue weighted by atomic mass is 10.0. The van der Waals surface area contributed by atoms with Gasteiger partial charge >= 0.3 is 0 Å². The van der Waals surface area contributed by atoms with Crippen LogP contribution in [0.3, 0.4) is 0 Å². The van der Waals surface area contributed by atoms with Crippen molar-refractivity contribution in [2.45, 2.75) is 39.2 Å². The first kappa shape index (κ1) is 10.0. The van der Waals surface area contributed by atoms with Crippen LogP contribution in [-0.2, 0) is 0 Å². The number of hydrogen-bond donors (Lipinski definition) is 1. The molecule has 1 unspecified atom stereocenters. The van der Waals surface area contributed by atoms with Gasteiger partial charge in [0, 0.05) is 6.54 Å². The summed E-state index contributed by atoms with van der Waals surface area (Å²) in [6.45, 7) is 7.40. The van der Waals surface area contributed by atoms with Gasteiger partial charge in [-0.2, -0.15) is 0 Å². The maximum absolute atomic E-state index is 9.22. The Balaban J connectivity index is 2.26. The van der Waals surface area contributed by atoms with Gasteiger partial charge < -0.3 is 10.0 Å². The molecule has 0 saturated carbocycles. The minimum atomic E-state index is -0.168. The predicted molar refractivity (Wildman–Crippen MR) is 51.1 cm³/mol. The van der Waals surface area contributed by atoms with Gasteiger partial charge in [0.05, 0.1) is 6.10 Å². The number of β-amino-alcohol motifs (C(OH)–C–C–N with tert-alkyl or cyclic N) is 1. The van der Waals surface area contributed by atoms with Gasteiger partial charge in [-0.1, -0.05) is 6.92 Å². The monoisotopic (exact) mass is 171 g/mol. The molecule has 1 heterocycles. The molecule has 0 aromatic rings. The lowest BCUT2D eigenvalue weighted by Crippen LogP contribution is -2.31. The largest absolute Gasteiger partial charge is 0.392 e. The van der Waals surface area contributed by atoms with Crippen LogP contribution in [0.5, 0.6) is 0 Å². The SMILES string of the molecule is CC1CCCN(C[C@H](C)O)CC1. The summed E-state index contributed by atoms with van der Waals surface area (Å²) >= 11 is 0. The van der Waals surface area contributed by atoms with E-state index in [-0.39, 0.29) is 6.10 Å². The average Bonchev–Trinajstić information content (AvgIpc) is 2.15. The van der Waals surface area contributed by atoms with E-state index in [1.807, 2.05) is 6.92 Å². The van der Waals surface area contributed by atoms with E-state index in [1.54, 1.807) is 0 Å². The molecule has 2 nitrogen and oxygen atoms in total. The zero-order valence-electron chi connectivity index (χ0n) is 8.29. The molecule has 0 radical (unpaired) electrons. The summed E-state index contributed by atoms with van der Waals surface area (Å²) in [6.07, 6.45) is 3.79. The molecule has 12 heavy (non-hydrogen) atoms. The molecule has 1 rings (SSSR count). The van der Waals surface area contributed by atoms with Crippen LogP contribution in [0.25, 0.3) is 0 Å². The second-order valence-corrected chi connectivity index (χ2v) is 4.19. The summed E-state index contributed by atoms with van der Waals surface area (Å²) in [7, 11) is 0. The molecule has 0 aromatic carbocycles. The lowest BCUT2D eigenvalue weighted by molar-refractivity contribution is 0.128.